The fraction of sp³-hybridized carbons (Fsp3) is 0.111. The molecule has 0 fully saturated rings. The Morgan fingerprint density at radius 1 is 1.21 bits per heavy atom. The summed E-state index contributed by atoms with van der Waals surface area (Å²) in [5, 5.41) is 9.08. The van der Waals surface area contributed by atoms with Crippen LogP contribution in [-0.4, -0.2) is 25.4 Å². The predicted octanol–water partition coefficient (Wildman–Crippen LogP) is 2.27. The molecule has 1 N–H and O–H groups in total. The average molecular weight is 319 g/mol. The van der Waals surface area contributed by atoms with Gasteiger partial charge in [0, 0.05) is 18.0 Å². The summed E-state index contributed by atoms with van der Waals surface area (Å²) < 4.78 is 1.31. The van der Waals surface area contributed by atoms with E-state index in [0.717, 1.165) is 17.7 Å². The van der Waals surface area contributed by atoms with Gasteiger partial charge in [-0.25, -0.2) is 9.78 Å². The number of carboxylic acid groups (broad SMARTS) is 1. The Hall–Kier alpha value is -3.28. The molecule has 6 nitrogen and oxygen atoms in total. The molecule has 3 aromatic rings. The van der Waals surface area contributed by atoms with E-state index in [4.69, 9.17) is 5.11 Å². The zero-order chi connectivity index (χ0) is 16.7. The van der Waals surface area contributed by atoms with Crippen molar-refractivity contribution in [3.8, 4) is 0 Å². The highest BCUT2D eigenvalue weighted by Crippen LogP contribution is 2.30. The number of carbonyl (C=O) groups is 1. The zero-order valence-electron chi connectivity index (χ0n) is 12.6. The van der Waals surface area contributed by atoms with Gasteiger partial charge in [0.2, 0.25) is 0 Å². The second-order valence-electron chi connectivity index (χ2n) is 5.62. The maximum Gasteiger partial charge on any atom is 0.337 e. The quantitative estimate of drug-likeness (QED) is 0.783. The normalized spacial score (nSPS) is 14.9. The van der Waals surface area contributed by atoms with E-state index in [2.05, 4.69) is 9.97 Å². The summed E-state index contributed by atoms with van der Waals surface area (Å²) in [6.07, 6.45) is 6.31. The highest BCUT2D eigenvalue weighted by Gasteiger charge is 2.23. The van der Waals surface area contributed by atoms with Crippen LogP contribution in [0.4, 0.5) is 0 Å². The van der Waals surface area contributed by atoms with Crippen LogP contribution in [-0.2, 0) is 6.42 Å². The standard InChI is InChI=1S/C18H13N3O3/c22-17-14-6-4-11(9-13-3-1-2-8-19-13)16(14)20-15-7-5-12(18(23)24)10-21(15)17/h1-3,5,7-10H,4,6H2,(H,23,24). The fourth-order valence-electron chi connectivity index (χ4n) is 2.95. The second-order valence-corrected chi connectivity index (χ2v) is 5.62. The Bertz CT molecular complexity index is 1050. The number of aromatic nitrogens is 3. The summed E-state index contributed by atoms with van der Waals surface area (Å²) in [7, 11) is 0. The Balaban J connectivity index is 1.90. The van der Waals surface area contributed by atoms with Crippen molar-refractivity contribution >= 4 is 23.3 Å². The number of allylic oxidation sites excluding steroid dienone is 1. The SMILES string of the molecule is O=C(O)c1ccc2nc3c(c(=O)n2c1)CCC3=Cc1ccccn1. The van der Waals surface area contributed by atoms with Gasteiger partial charge in [-0.2, -0.15) is 0 Å². The van der Waals surface area contributed by atoms with E-state index in [1.165, 1.54) is 16.7 Å². The third-order valence-electron chi connectivity index (χ3n) is 4.12. The molecule has 1 aliphatic rings. The fourth-order valence-corrected chi connectivity index (χ4v) is 2.95. The van der Waals surface area contributed by atoms with Gasteiger partial charge in [0.15, 0.2) is 0 Å². The number of nitrogens with zero attached hydrogens (tertiary/aromatic N) is 3. The minimum absolute atomic E-state index is 0.0635. The topological polar surface area (TPSA) is 84.6 Å². The third-order valence-corrected chi connectivity index (χ3v) is 4.12. The van der Waals surface area contributed by atoms with Crippen LogP contribution in [0.1, 0.15) is 33.7 Å². The van der Waals surface area contributed by atoms with Crippen molar-refractivity contribution in [1.82, 2.24) is 14.4 Å². The van der Waals surface area contributed by atoms with Gasteiger partial charge >= 0.3 is 5.97 Å². The minimum atomic E-state index is -1.07. The molecule has 3 aromatic heterocycles. The summed E-state index contributed by atoms with van der Waals surface area (Å²) in [4.78, 5) is 32.6. The molecule has 0 saturated heterocycles. The number of pyridine rings is 2. The molecule has 0 radical (unpaired) electrons. The molecule has 118 valence electrons. The van der Waals surface area contributed by atoms with E-state index in [9.17, 15) is 9.59 Å². The number of hydrogen-bond donors (Lipinski definition) is 1. The van der Waals surface area contributed by atoms with Crippen LogP contribution in [0.3, 0.4) is 0 Å². The van der Waals surface area contributed by atoms with Gasteiger partial charge in [0.1, 0.15) is 5.65 Å². The van der Waals surface area contributed by atoms with Crippen LogP contribution in [0.25, 0.3) is 17.3 Å². The van der Waals surface area contributed by atoms with E-state index in [0.29, 0.717) is 23.3 Å². The van der Waals surface area contributed by atoms with E-state index >= 15 is 0 Å². The maximum atomic E-state index is 12.7. The van der Waals surface area contributed by atoms with Gasteiger partial charge in [-0.1, -0.05) is 6.07 Å². The molecular weight excluding hydrogens is 306 g/mol. The summed E-state index contributed by atoms with van der Waals surface area (Å²) in [5.41, 5.74) is 3.41. The molecule has 3 heterocycles. The number of hydrogen-bond acceptors (Lipinski definition) is 4. The molecule has 0 saturated carbocycles. The Morgan fingerprint density at radius 3 is 2.83 bits per heavy atom. The van der Waals surface area contributed by atoms with Crippen LogP contribution in [0.5, 0.6) is 0 Å². The van der Waals surface area contributed by atoms with Crippen molar-refractivity contribution in [2.45, 2.75) is 12.8 Å². The molecular formula is C18H13N3O3. The largest absolute Gasteiger partial charge is 0.478 e. The highest BCUT2D eigenvalue weighted by molar-refractivity contribution is 5.88. The number of carboxylic acids is 1. The van der Waals surface area contributed by atoms with E-state index in [1.807, 2.05) is 24.3 Å². The lowest BCUT2D eigenvalue weighted by molar-refractivity contribution is 0.0696. The zero-order valence-corrected chi connectivity index (χ0v) is 12.6. The van der Waals surface area contributed by atoms with Gasteiger partial charge in [-0.15, -0.1) is 0 Å². The Kier molecular flexibility index (Phi) is 3.23. The first-order chi connectivity index (χ1) is 11.6. The van der Waals surface area contributed by atoms with Gasteiger partial charge in [-0.05, 0) is 48.8 Å². The first-order valence-corrected chi connectivity index (χ1v) is 7.54. The molecule has 4 rings (SSSR count). The third kappa shape index (κ3) is 2.28. The number of aromatic carboxylic acids is 1. The van der Waals surface area contributed by atoms with Gasteiger partial charge < -0.3 is 5.11 Å². The molecule has 1 aliphatic carbocycles. The van der Waals surface area contributed by atoms with Crippen LogP contribution in [0.2, 0.25) is 0 Å². The summed E-state index contributed by atoms with van der Waals surface area (Å²) >= 11 is 0. The van der Waals surface area contributed by atoms with Crippen molar-refractivity contribution < 1.29 is 9.90 Å². The first-order valence-electron chi connectivity index (χ1n) is 7.54. The molecule has 0 aromatic carbocycles. The van der Waals surface area contributed by atoms with Crippen molar-refractivity contribution in [3.05, 3.63) is 75.6 Å². The van der Waals surface area contributed by atoms with Crippen LogP contribution < -0.4 is 5.56 Å². The average Bonchev–Trinajstić information content (AvgIpc) is 2.99. The van der Waals surface area contributed by atoms with E-state index in [1.54, 1.807) is 12.3 Å². The molecule has 0 unspecified atom stereocenters. The van der Waals surface area contributed by atoms with E-state index in [-0.39, 0.29) is 11.1 Å². The van der Waals surface area contributed by atoms with Crippen molar-refractivity contribution in [2.75, 3.05) is 0 Å². The predicted molar refractivity (Wildman–Crippen MR) is 88.9 cm³/mol. The van der Waals surface area contributed by atoms with Crippen molar-refractivity contribution in [3.63, 3.8) is 0 Å². The van der Waals surface area contributed by atoms with Crippen molar-refractivity contribution in [1.29, 1.82) is 0 Å². The molecule has 6 heteroatoms. The molecule has 24 heavy (non-hydrogen) atoms. The maximum absolute atomic E-state index is 12.7. The summed E-state index contributed by atoms with van der Waals surface area (Å²) in [6.45, 7) is 0. The van der Waals surface area contributed by atoms with Crippen LogP contribution in [0, 0.1) is 0 Å². The lowest BCUT2D eigenvalue weighted by Gasteiger charge is -2.06. The van der Waals surface area contributed by atoms with Gasteiger partial charge in [-0.3, -0.25) is 14.2 Å². The number of fused-ring (bicyclic) bond motifs is 2. The smallest absolute Gasteiger partial charge is 0.337 e. The minimum Gasteiger partial charge on any atom is -0.478 e. The summed E-state index contributed by atoms with van der Waals surface area (Å²) in [6, 6.07) is 8.67. The van der Waals surface area contributed by atoms with Crippen LogP contribution in [0.15, 0.2) is 47.5 Å². The second kappa shape index (κ2) is 5.42. The molecule has 0 atom stereocenters. The lowest BCUT2D eigenvalue weighted by atomic mass is 10.1. The molecule has 0 aliphatic heterocycles. The summed E-state index contributed by atoms with van der Waals surface area (Å²) in [5.74, 6) is -1.07. The molecule has 0 bridgehead atoms. The van der Waals surface area contributed by atoms with Crippen LogP contribution >= 0.6 is 0 Å². The molecule has 0 spiro atoms. The molecule has 0 amide bonds. The lowest BCUT2D eigenvalue weighted by Crippen LogP contribution is -2.20. The Morgan fingerprint density at radius 2 is 2.08 bits per heavy atom. The first kappa shape index (κ1) is 14.3. The highest BCUT2D eigenvalue weighted by atomic mass is 16.4. The monoisotopic (exact) mass is 319 g/mol. The van der Waals surface area contributed by atoms with Crippen molar-refractivity contribution in [2.24, 2.45) is 0 Å². The van der Waals surface area contributed by atoms with E-state index < -0.39 is 5.97 Å². The Labute approximate surface area is 136 Å². The number of rotatable bonds is 2. The van der Waals surface area contributed by atoms with Gasteiger partial charge in [0.05, 0.1) is 17.0 Å². The van der Waals surface area contributed by atoms with Gasteiger partial charge in [0.25, 0.3) is 5.56 Å².